The van der Waals surface area contributed by atoms with Crippen molar-refractivity contribution in [3.05, 3.63) is 29.3 Å². The van der Waals surface area contributed by atoms with E-state index < -0.39 is 0 Å². The molecular formula is C18H31NO. The van der Waals surface area contributed by atoms with E-state index in [0.29, 0.717) is 0 Å². The highest BCUT2D eigenvalue weighted by Crippen LogP contribution is 2.38. The number of benzene rings is 1. The van der Waals surface area contributed by atoms with Crippen molar-refractivity contribution < 1.29 is 9.59 Å². The lowest BCUT2D eigenvalue weighted by molar-refractivity contribution is -0.871. The van der Waals surface area contributed by atoms with Crippen LogP contribution in [0.1, 0.15) is 52.2 Å². The van der Waals surface area contributed by atoms with Crippen LogP contribution in [0, 0.1) is 0 Å². The molecule has 0 aliphatic carbocycles. The molecule has 0 unspecified atom stereocenters. The lowest BCUT2D eigenvalue weighted by atomic mass is 9.77. The molecule has 0 atom stereocenters. The van der Waals surface area contributed by atoms with E-state index in [0.717, 1.165) is 28.6 Å². The fourth-order valence-corrected chi connectivity index (χ4v) is 2.41. The molecule has 0 fully saturated rings. The summed E-state index contributed by atoms with van der Waals surface area (Å²) >= 11 is 0. The van der Waals surface area contributed by atoms with Gasteiger partial charge < -0.3 is 9.59 Å². The average Bonchev–Trinajstić information content (AvgIpc) is 2.24. The maximum Gasteiger partial charge on any atom is 0.0788 e. The van der Waals surface area contributed by atoms with Gasteiger partial charge in [-0.3, -0.25) is 0 Å². The second-order valence-electron chi connectivity index (χ2n) is 8.58. The van der Waals surface area contributed by atoms with Crippen molar-refractivity contribution >= 4 is 0 Å². The first-order chi connectivity index (χ1) is 8.84. The quantitative estimate of drug-likeness (QED) is 0.773. The first-order valence-corrected chi connectivity index (χ1v) is 7.46. The van der Waals surface area contributed by atoms with E-state index in [9.17, 15) is 5.11 Å². The van der Waals surface area contributed by atoms with Crippen molar-refractivity contribution in [3.63, 3.8) is 0 Å². The molecule has 0 amide bonds. The number of hydrogen-bond donors (Lipinski definition) is 0. The van der Waals surface area contributed by atoms with Crippen LogP contribution in [-0.4, -0.2) is 32.2 Å². The van der Waals surface area contributed by atoms with E-state index in [-0.39, 0.29) is 16.6 Å². The van der Waals surface area contributed by atoms with Crippen molar-refractivity contribution in [1.82, 2.24) is 0 Å². The molecule has 0 aliphatic heterocycles. The Morgan fingerprint density at radius 3 is 1.90 bits per heavy atom. The molecular weight excluding hydrogens is 246 g/mol. The van der Waals surface area contributed by atoms with E-state index in [1.165, 1.54) is 0 Å². The lowest BCUT2D eigenvalue weighted by Gasteiger charge is -2.36. The molecule has 0 heterocycles. The second kappa shape index (κ2) is 5.40. The zero-order chi connectivity index (χ0) is 15.8. The Labute approximate surface area is 125 Å². The van der Waals surface area contributed by atoms with Gasteiger partial charge in [0.05, 0.1) is 27.7 Å². The molecule has 1 aromatic carbocycles. The largest absolute Gasteiger partial charge is 0.872 e. The Morgan fingerprint density at radius 1 is 0.950 bits per heavy atom. The molecule has 0 saturated carbocycles. The predicted octanol–water partition coefficient (Wildman–Crippen LogP) is 3.43. The van der Waals surface area contributed by atoms with Gasteiger partial charge in [0, 0.05) is 6.42 Å². The van der Waals surface area contributed by atoms with Gasteiger partial charge in [0.2, 0.25) is 0 Å². The highest BCUT2D eigenvalue weighted by molar-refractivity contribution is 5.46. The van der Waals surface area contributed by atoms with Gasteiger partial charge in [0.15, 0.2) is 0 Å². The summed E-state index contributed by atoms with van der Waals surface area (Å²) < 4.78 is 0.927. The topological polar surface area (TPSA) is 23.1 Å². The van der Waals surface area contributed by atoms with Gasteiger partial charge in [-0.2, -0.15) is 0 Å². The number of hydrogen-bond acceptors (Lipinski definition) is 1. The third kappa shape index (κ3) is 4.24. The Hall–Kier alpha value is -1.02. The van der Waals surface area contributed by atoms with Crippen molar-refractivity contribution in [2.24, 2.45) is 0 Å². The normalized spacial score (nSPS) is 13.6. The van der Waals surface area contributed by atoms with Gasteiger partial charge in [0.1, 0.15) is 0 Å². The van der Waals surface area contributed by atoms with Crippen molar-refractivity contribution in [1.29, 1.82) is 0 Å². The van der Waals surface area contributed by atoms with Crippen LogP contribution in [0.2, 0.25) is 0 Å². The molecule has 114 valence electrons. The van der Waals surface area contributed by atoms with Gasteiger partial charge in [-0.1, -0.05) is 58.4 Å². The summed E-state index contributed by atoms with van der Waals surface area (Å²) in [5, 5.41) is 12.8. The Morgan fingerprint density at radius 2 is 1.45 bits per heavy atom. The van der Waals surface area contributed by atoms with Crippen LogP contribution >= 0.6 is 0 Å². The van der Waals surface area contributed by atoms with Crippen LogP contribution in [0.15, 0.2) is 18.2 Å². The van der Waals surface area contributed by atoms with E-state index in [1.807, 2.05) is 18.2 Å². The molecule has 1 aromatic rings. The minimum absolute atomic E-state index is 0.0795. The van der Waals surface area contributed by atoms with Crippen molar-refractivity contribution in [2.45, 2.75) is 51.9 Å². The Balaban J connectivity index is 3.13. The summed E-state index contributed by atoms with van der Waals surface area (Å²) in [4.78, 5) is 0. The monoisotopic (exact) mass is 277 g/mol. The number of quaternary nitrogens is 1. The molecule has 0 spiro atoms. The third-order valence-electron chi connectivity index (χ3n) is 3.96. The molecule has 0 N–H and O–H groups in total. The molecule has 0 saturated heterocycles. The van der Waals surface area contributed by atoms with Crippen LogP contribution in [0.25, 0.3) is 0 Å². The molecule has 0 aliphatic rings. The lowest BCUT2D eigenvalue weighted by Crippen LogP contribution is -2.38. The maximum absolute atomic E-state index is 12.8. The van der Waals surface area contributed by atoms with Crippen molar-refractivity contribution in [3.8, 4) is 5.75 Å². The van der Waals surface area contributed by atoms with Crippen LogP contribution in [0.3, 0.4) is 0 Å². The number of rotatable bonds is 4. The summed E-state index contributed by atoms with van der Waals surface area (Å²) in [6, 6.07) is 6.01. The van der Waals surface area contributed by atoms with Gasteiger partial charge in [-0.15, -0.1) is 5.75 Å². The zero-order valence-electron chi connectivity index (χ0n) is 14.5. The Bertz CT molecular complexity index is 461. The molecule has 0 radical (unpaired) electrons. The molecule has 2 nitrogen and oxygen atoms in total. The van der Waals surface area contributed by atoms with E-state index in [2.05, 4.69) is 55.8 Å². The fraction of sp³-hybridized carbons (Fsp3) is 0.667. The summed E-state index contributed by atoms with van der Waals surface area (Å²) in [6.45, 7) is 11.7. The van der Waals surface area contributed by atoms with E-state index in [1.54, 1.807) is 0 Å². The summed E-state index contributed by atoms with van der Waals surface area (Å²) in [7, 11) is 6.58. The fourth-order valence-electron chi connectivity index (χ4n) is 2.41. The summed E-state index contributed by atoms with van der Waals surface area (Å²) in [6.07, 6.45) is 1.01. The number of nitrogens with zero attached hydrogens (tertiary/aromatic N) is 1. The molecule has 1 rings (SSSR count). The molecule has 20 heavy (non-hydrogen) atoms. The standard InChI is InChI=1S/C18H31NO/c1-17(2,3)14-10-9-11-15(16(14)20)18(4,5)12-13-19(6,7)8/h9-11H,12-13H2,1-8H3. The average molecular weight is 277 g/mol. The highest BCUT2D eigenvalue weighted by atomic mass is 16.3. The van der Waals surface area contributed by atoms with Gasteiger partial charge in [-0.05, 0) is 16.4 Å². The van der Waals surface area contributed by atoms with Gasteiger partial charge >= 0.3 is 0 Å². The third-order valence-corrected chi connectivity index (χ3v) is 3.96. The van der Waals surface area contributed by atoms with Gasteiger partial charge in [-0.25, -0.2) is 0 Å². The molecule has 2 heteroatoms. The smallest absolute Gasteiger partial charge is 0.0788 e. The molecule has 0 bridgehead atoms. The van der Waals surface area contributed by atoms with Crippen LogP contribution < -0.4 is 5.11 Å². The van der Waals surface area contributed by atoms with Gasteiger partial charge in [0.25, 0.3) is 0 Å². The zero-order valence-corrected chi connectivity index (χ0v) is 14.5. The first-order valence-electron chi connectivity index (χ1n) is 7.46. The van der Waals surface area contributed by atoms with Crippen LogP contribution in [-0.2, 0) is 10.8 Å². The molecule has 0 aromatic heterocycles. The Kier molecular flexibility index (Phi) is 4.60. The van der Waals surface area contributed by atoms with Crippen LogP contribution in [0.5, 0.6) is 5.75 Å². The van der Waals surface area contributed by atoms with E-state index >= 15 is 0 Å². The summed E-state index contributed by atoms with van der Waals surface area (Å²) in [5.74, 6) is 0.228. The highest BCUT2D eigenvalue weighted by Gasteiger charge is 2.26. The summed E-state index contributed by atoms with van der Waals surface area (Å²) in [5.41, 5.74) is 1.71. The first kappa shape index (κ1) is 17.0. The SMILES string of the molecule is CC(C)(C)c1cccc(C(C)(C)CC[N+](C)(C)C)c1[O-]. The van der Waals surface area contributed by atoms with Crippen molar-refractivity contribution in [2.75, 3.05) is 27.7 Å². The minimum Gasteiger partial charge on any atom is -0.872 e. The predicted molar refractivity (Wildman–Crippen MR) is 85.1 cm³/mol. The number of para-hydroxylation sites is 1. The van der Waals surface area contributed by atoms with E-state index in [4.69, 9.17) is 0 Å². The van der Waals surface area contributed by atoms with Crippen LogP contribution in [0.4, 0.5) is 0 Å². The second-order valence-corrected chi connectivity index (χ2v) is 8.58. The minimum atomic E-state index is -0.0940. The maximum atomic E-state index is 12.8.